The standard InChI is InChI=1S/C18H31N5O/c1-12-7-9-15(10-8-12)20-18(24)14(3)19-13(2)17-22-21-16-6-4-5-11-23(16)17/h12-15,19H,4-11H2,1-3H3,(H,20,24)/t12?,13-,14-,15?/m1/s1. The molecule has 134 valence electrons. The molecule has 1 saturated carbocycles. The van der Waals surface area contributed by atoms with Gasteiger partial charge >= 0.3 is 0 Å². The average Bonchev–Trinajstić information content (AvgIpc) is 3.01. The second-order valence-corrected chi connectivity index (χ2v) is 7.66. The first kappa shape index (κ1) is 17.4. The highest BCUT2D eigenvalue weighted by atomic mass is 16.2. The lowest BCUT2D eigenvalue weighted by atomic mass is 9.87. The molecule has 2 atom stereocenters. The molecule has 1 aromatic rings. The molecule has 2 N–H and O–H groups in total. The maximum Gasteiger partial charge on any atom is 0.237 e. The minimum atomic E-state index is -0.226. The zero-order valence-corrected chi connectivity index (χ0v) is 15.2. The Bertz CT molecular complexity index is 562. The van der Waals surface area contributed by atoms with E-state index in [4.69, 9.17) is 0 Å². The number of rotatable bonds is 5. The Kier molecular flexibility index (Phi) is 5.54. The summed E-state index contributed by atoms with van der Waals surface area (Å²) >= 11 is 0. The molecular formula is C18H31N5O. The third-order valence-corrected chi connectivity index (χ3v) is 5.53. The van der Waals surface area contributed by atoms with Gasteiger partial charge in [0.1, 0.15) is 11.6 Å². The molecule has 3 rings (SSSR count). The van der Waals surface area contributed by atoms with Crippen molar-refractivity contribution in [3.8, 4) is 0 Å². The number of nitrogens with zero attached hydrogens (tertiary/aromatic N) is 3. The van der Waals surface area contributed by atoms with E-state index in [9.17, 15) is 4.79 Å². The van der Waals surface area contributed by atoms with Gasteiger partial charge in [-0.25, -0.2) is 0 Å². The van der Waals surface area contributed by atoms with Crippen LogP contribution < -0.4 is 10.6 Å². The van der Waals surface area contributed by atoms with Crippen LogP contribution in [0.5, 0.6) is 0 Å². The van der Waals surface area contributed by atoms with Crippen molar-refractivity contribution in [2.45, 2.75) is 90.4 Å². The van der Waals surface area contributed by atoms with E-state index in [0.29, 0.717) is 6.04 Å². The number of hydrogen-bond acceptors (Lipinski definition) is 4. The van der Waals surface area contributed by atoms with Gasteiger partial charge in [0.2, 0.25) is 5.91 Å². The van der Waals surface area contributed by atoms with Crippen molar-refractivity contribution in [1.29, 1.82) is 0 Å². The van der Waals surface area contributed by atoms with Crippen LogP contribution in [-0.2, 0) is 17.8 Å². The fourth-order valence-corrected chi connectivity index (χ4v) is 3.91. The quantitative estimate of drug-likeness (QED) is 0.867. The Hall–Kier alpha value is -1.43. The predicted molar refractivity (Wildman–Crippen MR) is 93.5 cm³/mol. The molecule has 0 spiro atoms. The summed E-state index contributed by atoms with van der Waals surface area (Å²) < 4.78 is 2.22. The fourth-order valence-electron chi connectivity index (χ4n) is 3.91. The molecule has 6 nitrogen and oxygen atoms in total. The molecule has 2 aliphatic rings. The van der Waals surface area contributed by atoms with Crippen molar-refractivity contribution in [3.63, 3.8) is 0 Å². The number of amides is 1. The van der Waals surface area contributed by atoms with Gasteiger partial charge in [-0.2, -0.15) is 0 Å². The van der Waals surface area contributed by atoms with E-state index in [1.165, 1.54) is 25.7 Å². The second-order valence-electron chi connectivity index (χ2n) is 7.66. The Morgan fingerprint density at radius 2 is 1.92 bits per heavy atom. The van der Waals surface area contributed by atoms with Crippen LogP contribution >= 0.6 is 0 Å². The Morgan fingerprint density at radius 1 is 1.17 bits per heavy atom. The van der Waals surface area contributed by atoms with E-state index in [2.05, 4.69) is 39.2 Å². The number of aryl methyl sites for hydroxylation is 1. The molecule has 1 amide bonds. The first-order chi connectivity index (χ1) is 11.5. The third-order valence-electron chi connectivity index (χ3n) is 5.53. The van der Waals surface area contributed by atoms with Crippen molar-refractivity contribution in [3.05, 3.63) is 11.6 Å². The van der Waals surface area contributed by atoms with Crippen molar-refractivity contribution in [2.24, 2.45) is 5.92 Å². The molecule has 1 aliphatic carbocycles. The van der Waals surface area contributed by atoms with Crippen LogP contribution in [0.15, 0.2) is 0 Å². The van der Waals surface area contributed by atoms with E-state index in [-0.39, 0.29) is 18.0 Å². The lowest BCUT2D eigenvalue weighted by Gasteiger charge is -2.28. The van der Waals surface area contributed by atoms with Gasteiger partial charge in [0.05, 0.1) is 12.1 Å². The zero-order valence-electron chi connectivity index (χ0n) is 15.2. The highest BCUT2D eigenvalue weighted by Crippen LogP contribution is 2.23. The molecule has 0 bridgehead atoms. The van der Waals surface area contributed by atoms with Crippen LogP contribution in [0.25, 0.3) is 0 Å². The molecule has 6 heteroatoms. The van der Waals surface area contributed by atoms with Gasteiger partial charge < -0.3 is 9.88 Å². The van der Waals surface area contributed by atoms with E-state index in [1.807, 2.05) is 6.92 Å². The molecule has 0 saturated heterocycles. The van der Waals surface area contributed by atoms with E-state index < -0.39 is 0 Å². The van der Waals surface area contributed by atoms with Gasteiger partial charge in [-0.1, -0.05) is 6.92 Å². The minimum absolute atomic E-state index is 0.0245. The van der Waals surface area contributed by atoms with E-state index >= 15 is 0 Å². The predicted octanol–water partition coefficient (Wildman–Crippen LogP) is 2.35. The summed E-state index contributed by atoms with van der Waals surface area (Å²) in [5, 5.41) is 15.3. The number of hydrogen-bond donors (Lipinski definition) is 2. The van der Waals surface area contributed by atoms with E-state index in [0.717, 1.165) is 43.4 Å². The molecule has 1 aliphatic heterocycles. The Labute approximate surface area is 144 Å². The van der Waals surface area contributed by atoms with Crippen molar-refractivity contribution < 1.29 is 4.79 Å². The first-order valence-corrected chi connectivity index (χ1v) is 9.53. The largest absolute Gasteiger partial charge is 0.352 e. The van der Waals surface area contributed by atoms with Gasteiger partial charge in [0, 0.05) is 19.0 Å². The summed E-state index contributed by atoms with van der Waals surface area (Å²) in [6, 6.07) is 0.140. The minimum Gasteiger partial charge on any atom is -0.352 e. The second kappa shape index (κ2) is 7.64. The van der Waals surface area contributed by atoms with E-state index in [1.54, 1.807) is 0 Å². The van der Waals surface area contributed by atoms with Crippen LogP contribution in [0.3, 0.4) is 0 Å². The van der Waals surface area contributed by atoms with Crippen LogP contribution in [0.1, 0.15) is 77.0 Å². The summed E-state index contributed by atoms with van der Waals surface area (Å²) in [5.41, 5.74) is 0. The monoisotopic (exact) mass is 333 g/mol. The van der Waals surface area contributed by atoms with Crippen molar-refractivity contribution in [1.82, 2.24) is 25.4 Å². The summed E-state index contributed by atoms with van der Waals surface area (Å²) in [5.74, 6) is 2.93. The summed E-state index contributed by atoms with van der Waals surface area (Å²) in [6.45, 7) is 7.29. The highest BCUT2D eigenvalue weighted by Gasteiger charge is 2.25. The lowest BCUT2D eigenvalue weighted by Crippen LogP contribution is -2.48. The van der Waals surface area contributed by atoms with Crippen LogP contribution in [0.2, 0.25) is 0 Å². The maximum atomic E-state index is 12.5. The molecule has 1 fully saturated rings. The van der Waals surface area contributed by atoms with Gasteiger partial charge in [-0.05, 0) is 58.3 Å². The lowest BCUT2D eigenvalue weighted by molar-refractivity contribution is -0.123. The van der Waals surface area contributed by atoms with Crippen molar-refractivity contribution >= 4 is 5.91 Å². The third kappa shape index (κ3) is 3.97. The van der Waals surface area contributed by atoms with Gasteiger partial charge in [0.25, 0.3) is 0 Å². The SMILES string of the molecule is CC1CCC(NC(=O)[C@@H](C)N[C@H](C)c2nnc3n2CCCC3)CC1. The molecule has 0 unspecified atom stereocenters. The Morgan fingerprint density at radius 3 is 2.67 bits per heavy atom. The molecule has 2 heterocycles. The number of carbonyl (C=O) groups excluding carboxylic acids is 1. The molecular weight excluding hydrogens is 302 g/mol. The number of nitrogens with one attached hydrogen (secondary N) is 2. The fraction of sp³-hybridized carbons (Fsp3) is 0.833. The number of carbonyl (C=O) groups is 1. The summed E-state index contributed by atoms with van der Waals surface area (Å²) in [6.07, 6.45) is 8.03. The van der Waals surface area contributed by atoms with Crippen LogP contribution in [0.4, 0.5) is 0 Å². The van der Waals surface area contributed by atoms with Gasteiger partial charge in [0.15, 0.2) is 0 Å². The normalized spacial score (nSPS) is 26.5. The topological polar surface area (TPSA) is 71.8 Å². The molecule has 1 aromatic heterocycles. The maximum absolute atomic E-state index is 12.5. The van der Waals surface area contributed by atoms with Crippen LogP contribution in [0, 0.1) is 5.92 Å². The first-order valence-electron chi connectivity index (χ1n) is 9.53. The smallest absolute Gasteiger partial charge is 0.237 e. The molecule has 0 aromatic carbocycles. The molecule has 0 radical (unpaired) electrons. The Balaban J connectivity index is 1.53. The summed E-state index contributed by atoms with van der Waals surface area (Å²) in [7, 11) is 0. The van der Waals surface area contributed by atoms with Gasteiger partial charge in [-0.3, -0.25) is 10.1 Å². The number of aromatic nitrogens is 3. The van der Waals surface area contributed by atoms with Crippen molar-refractivity contribution in [2.75, 3.05) is 0 Å². The summed E-state index contributed by atoms with van der Waals surface area (Å²) in [4.78, 5) is 12.5. The van der Waals surface area contributed by atoms with Crippen LogP contribution in [-0.4, -0.2) is 32.8 Å². The van der Waals surface area contributed by atoms with Gasteiger partial charge in [-0.15, -0.1) is 10.2 Å². The highest BCUT2D eigenvalue weighted by molar-refractivity contribution is 5.81. The number of fused-ring (bicyclic) bond motifs is 1. The molecule has 24 heavy (non-hydrogen) atoms. The zero-order chi connectivity index (χ0) is 17.1. The average molecular weight is 333 g/mol.